The highest BCUT2D eigenvalue weighted by Gasteiger charge is 2.33. The molecule has 0 radical (unpaired) electrons. The Hall–Kier alpha value is -2.44. The van der Waals surface area contributed by atoms with E-state index in [1.165, 1.54) is 24.3 Å². The monoisotopic (exact) mass is 417 g/mol. The van der Waals surface area contributed by atoms with Crippen LogP contribution in [-0.4, -0.2) is 47.8 Å². The minimum absolute atomic E-state index is 0.0378. The summed E-state index contributed by atoms with van der Waals surface area (Å²) in [6.07, 6.45) is 5.18. The smallest absolute Gasteiger partial charge is 0.251 e. The summed E-state index contributed by atoms with van der Waals surface area (Å²) in [5, 5.41) is 6.16. The number of hydrogen-bond donors (Lipinski definition) is 2. The Kier molecular flexibility index (Phi) is 7.45. The summed E-state index contributed by atoms with van der Waals surface area (Å²) in [5.41, 5.74) is 0.405. The average Bonchev–Trinajstić information content (AvgIpc) is 2.75. The van der Waals surface area contributed by atoms with E-state index in [1.807, 2.05) is 13.8 Å². The van der Waals surface area contributed by atoms with Crippen LogP contribution in [0.4, 0.5) is 4.39 Å². The minimum Gasteiger partial charge on any atom is -0.351 e. The van der Waals surface area contributed by atoms with Gasteiger partial charge in [-0.1, -0.05) is 26.7 Å². The molecular formula is C23H32FN3O3. The Labute approximate surface area is 177 Å². The molecule has 0 bridgehead atoms. The van der Waals surface area contributed by atoms with Gasteiger partial charge in [-0.05, 0) is 49.9 Å². The number of nitrogens with one attached hydrogen (secondary N) is 2. The van der Waals surface area contributed by atoms with Gasteiger partial charge in [0.15, 0.2) is 0 Å². The molecule has 3 amide bonds. The van der Waals surface area contributed by atoms with Crippen LogP contribution in [0.1, 0.15) is 62.7 Å². The number of nitrogens with zero attached hydrogens (tertiary/aromatic N) is 1. The van der Waals surface area contributed by atoms with Gasteiger partial charge in [0.05, 0.1) is 5.92 Å². The van der Waals surface area contributed by atoms with Gasteiger partial charge in [-0.25, -0.2) is 4.39 Å². The van der Waals surface area contributed by atoms with Gasteiger partial charge >= 0.3 is 0 Å². The highest BCUT2D eigenvalue weighted by atomic mass is 19.1. The number of amides is 3. The summed E-state index contributed by atoms with van der Waals surface area (Å²) >= 11 is 0. The van der Waals surface area contributed by atoms with Gasteiger partial charge in [0.1, 0.15) is 5.82 Å². The lowest BCUT2D eigenvalue weighted by atomic mass is 9.88. The van der Waals surface area contributed by atoms with E-state index in [1.54, 1.807) is 4.90 Å². The molecule has 2 aliphatic rings. The molecule has 164 valence electrons. The molecule has 1 unspecified atom stereocenters. The molecule has 1 aromatic carbocycles. The Morgan fingerprint density at radius 2 is 1.60 bits per heavy atom. The van der Waals surface area contributed by atoms with Gasteiger partial charge in [0.2, 0.25) is 11.8 Å². The lowest BCUT2D eigenvalue weighted by Gasteiger charge is -2.36. The summed E-state index contributed by atoms with van der Waals surface area (Å²) in [5.74, 6) is -0.869. The van der Waals surface area contributed by atoms with E-state index < -0.39 is 0 Å². The number of carbonyl (C=O) groups excluding carboxylic acids is 3. The first-order chi connectivity index (χ1) is 14.3. The first-order valence-electron chi connectivity index (χ1n) is 11.0. The second kappa shape index (κ2) is 10.0. The molecule has 3 rings (SSSR count). The van der Waals surface area contributed by atoms with Gasteiger partial charge < -0.3 is 15.5 Å². The molecule has 1 saturated heterocycles. The molecule has 30 heavy (non-hydrogen) atoms. The maximum atomic E-state index is 13.1. The number of hydrogen-bond acceptors (Lipinski definition) is 3. The van der Waals surface area contributed by atoms with Gasteiger partial charge in [0, 0.05) is 36.7 Å². The lowest BCUT2D eigenvalue weighted by Crippen LogP contribution is -2.55. The van der Waals surface area contributed by atoms with Crippen LogP contribution in [0, 0.1) is 17.7 Å². The Morgan fingerprint density at radius 1 is 0.967 bits per heavy atom. The van der Waals surface area contributed by atoms with E-state index in [4.69, 9.17) is 0 Å². The first kappa shape index (κ1) is 22.2. The zero-order chi connectivity index (χ0) is 21.7. The summed E-state index contributed by atoms with van der Waals surface area (Å²) in [6.45, 7) is 4.92. The molecular weight excluding hydrogens is 385 g/mol. The number of halogens is 1. The van der Waals surface area contributed by atoms with Crippen LogP contribution >= 0.6 is 0 Å². The molecule has 1 heterocycles. The van der Waals surface area contributed by atoms with Crippen molar-refractivity contribution in [1.82, 2.24) is 15.5 Å². The fourth-order valence-electron chi connectivity index (χ4n) is 4.39. The molecule has 6 nitrogen and oxygen atoms in total. The number of piperidine rings is 1. The van der Waals surface area contributed by atoms with E-state index >= 15 is 0 Å². The highest BCUT2D eigenvalue weighted by Crippen LogP contribution is 2.22. The largest absolute Gasteiger partial charge is 0.351 e. The number of rotatable bonds is 5. The van der Waals surface area contributed by atoms with Crippen molar-refractivity contribution in [3.05, 3.63) is 35.6 Å². The average molecular weight is 418 g/mol. The van der Waals surface area contributed by atoms with Gasteiger partial charge in [0.25, 0.3) is 5.91 Å². The van der Waals surface area contributed by atoms with Crippen LogP contribution < -0.4 is 10.6 Å². The van der Waals surface area contributed by atoms with Crippen molar-refractivity contribution in [3.63, 3.8) is 0 Å². The van der Waals surface area contributed by atoms with E-state index in [0.29, 0.717) is 18.7 Å². The maximum absolute atomic E-state index is 13.1. The van der Waals surface area contributed by atoms with Crippen LogP contribution in [0.5, 0.6) is 0 Å². The summed E-state index contributed by atoms with van der Waals surface area (Å²) in [4.78, 5) is 39.6. The van der Waals surface area contributed by atoms with E-state index in [9.17, 15) is 18.8 Å². The van der Waals surface area contributed by atoms with Crippen molar-refractivity contribution < 1.29 is 18.8 Å². The molecule has 1 aliphatic heterocycles. The SMILES string of the molecule is CC(C)C(=O)N1CCCC(C(=O)N[C@@H]2CCCC[C@H]2NC(=O)c2ccc(F)cc2)C1. The van der Waals surface area contributed by atoms with Crippen molar-refractivity contribution in [2.24, 2.45) is 11.8 Å². The van der Waals surface area contributed by atoms with Gasteiger partial charge in [-0.15, -0.1) is 0 Å². The number of benzene rings is 1. The van der Waals surface area contributed by atoms with Crippen molar-refractivity contribution in [2.75, 3.05) is 13.1 Å². The highest BCUT2D eigenvalue weighted by molar-refractivity contribution is 5.94. The van der Waals surface area contributed by atoms with Crippen LogP contribution in [0.15, 0.2) is 24.3 Å². The minimum atomic E-state index is -0.383. The van der Waals surface area contributed by atoms with Gasteiger partial charge in [-0.3, -0.25) is 14.4 Å². The van der Waals surface area contributed by atoms with Crippen LogP contribution in [-0.2, 0) is 9.59 Å². The van der Waals surface area contributed by atoms with Gasteiger partial charge in [-0.2, -0.15) is 0 Å². The quantitative estimate of drug-likeness (QED) is 0.773. The summed E-state index contributed by atoms with van der Waals surface area (Å²) in [6, 6.07) is 5.17. The van der Waals surface area contributed by atoms with Crippen LogP contribution in [0.2, 0.25) is 0 Å². The van der Waals surface area contributed by atoms with Crippen LogP contribution in [0.25, 0.3) is 0 Å². The Morgan fingerprint density at radius 3 is 2.23 bits per heavy atom. The normalized spacial score (nSPS) is 24.4. The molecule has 1 saturated carbocycles. The molecule has 0 aromatic heterocycles. The molecule has 3 atom stereocenters. The van der Waals surface area contributed by atoms with E-state index in [0.717, 1.165) is 38.5 Å². The summed E-state index contributed by atoms with van der Waals surface area (Å²) < 4.78 is 13.1. The molecule has 2 N–H and O–H groups in total. The standard InChI is InChI=1S/C23H32FN3O3/c1-15(2)23(30)27-13-5-6-17(14-27)22(29)26-20-8-4-3-7-19(20)25-21(28)16-9-11-18(24)12-10-16/h9-12,15,17,19-20H,3-8,13-14H2,1-2H3,(H,25,28)(H,26,29)/t17?,19-,20-/m1/s1. The third-order valence-corrected chi connectivity index (χ3v) is 6.11. The van der Waals surface area contributed by atoms with E-state index in [-0.39, 0.29) is 47.5 Å². The van der Waals surface area contributed by atoms with Crippen molar-refractivity contribution in [3.8, 4) is 0 Å². The second-order valence-electron chi connectivity index (χ2n) is 8.76. The third kappa shape index (κ3) is 5.58. The van der Waals surface area contributed by atoms with Crippen molar-refractivity contribution in [2.45, 2.75) is 64.5 Å². The predicted molar refractivity (Wildman–Crippen MR) is 112 cm³/mol. The first-order valence-corrected chi connectivity index (χ1v) is 11.0. The molecule has 1 aromatic rings. The molecule has 7 heteroatoms. The second-order valence-corrected chi connectivity index (χ2v) is 8.76. The number of carbonyl (C=O) groups is 3. The van der Waals surface area contributed by atoms with Crippen LogP contribution in [0.3, 0.4) is 0 Å². The topological polar surface area (TPSA) is 78.5 Å². The zero-order valence-electron chi connectivity index (χ0n) is 17.8. The fourth-order valence-corrected chi connectivity index (χ4v) is 4.39. The van der Waals surface area contributed by atoms with E-state index in [2.05, 4.69) is 10.6 Å². The molecule has 1 aliphatic carbocycles. The predicted octanol–water partition coefficient (Wildman–Crippen LogP) is 2.88. The maximum Gasteiger partial charge on any atom is 0.251 e. The Bertz CT molecular complexity index is 765. The molecule has 2 fully saturated rings. The zero-order valence-corrected chi connectivity index (χ0v) is 17.8. The van der Waals surface area contributed by atoms with Crippen molar-refractivity contribution in [1.29, 1.82) is 0 Å². The Balaban J connectivity index is 1.59. The third-order valence-electron chi connectivity index (χ3n) is 6.11. The number of likely N-dealkylation sites (tertiary alicyclic amines) is 1. The fraction of sp³-hybridized carbons (Fsp3) is 0.609. The van der Waals surface area contributed by atoms with Crippen molar-refractivity contribution >= 4 is 17.7 Å². The summed E-state index contributed by atoms with van der Waals surface area (Å²) in [7, 11) is 0. The molecule has 0 spiro atoms. The lowest BCUT2D eigenvalue weighted by molar-refractivity contribution is -0.138.